The number of allylic oxidation sites excluding steroid dienone is 5. The summed E-state index contributed by atoms with van der Waals surface area (Å²) in [6, 6.07) is 5.37. The van der Waals surface area contributed by atoms with Crippen LogP contribution in [0.4, 0.5) is 0 Å². The highest BCUT2D eigenvalue weighted by Gasteiger charge is 2.10. The molecule has 0 aliphatic carbocycles. The minimum atomic E-state index is -0.191. The fourth-order valence-corrected chi connectivity index (χ4v) is 3.41. The highest BCUT2D eigenvalue weighted by atomic mass is 35.5. The molecule has 0 atom stereocenters. The van der Waals surface area contributed by atoms with Gasteiger partial charge in [-0.3, -0.25) is 19.8 Å². The average Bonchev–Trinajstić information content (AvgIpc) is 2.82. The summed E-state index contributed by atoms with van der Waals surface area (Å²) in [4.78, 5) is 25.8. The number of aromatic nitrogens is 2. The molecule has 0 saturated carbocycles. The van der Waals surface area contributed by atoms with Gasteiger partial charge in [-0.15, -0.1) is 0 Å². The van der Waals surface area contributed by atoms with E-state index in [4.69, 9.17) is 28.9 Å². The van der Waals surface area contributed by atoms with E-state index < -0.39 is 0 Å². The Morgan fingerprint density at radius 3 is 2.94 bits per heavy atom. The van der Waals surface area contributed by atoms with Gasteiger partial charge in [0.1, 0.15) is 0 Å². The summed E-state index contributed by atoms with van der Waals surface area (Å²) in [6.45, 7) is 2.86. The van der Waals surface area contributed by atoms with Gasteiger partial charge >= 0.3 is 0 Å². The molecule has 1 aliphatic rings. The lowest BCUT2D eigenvalue weighted by Gasteiger charge is -2.10. The molecule has 0 aromatic carbocycles. The molecule has 3 rings (SSSR count). The number of nitrogens with zero attached hydrogens (tertiary/aromatic N) is 3. The van der Waals surface area contributed by atoms with E-state index in [2.05, 4.69) is 26.4 Å². The summed E-state index contributed by atoms with van der Waals surface area (Å²) in [5, 5.41) is 3.93. The van der Waals surface area contributed by atoms with Crippen molar-refractivity contribution in [2.45, 2.75) is 26.3 Å². The molecule has 0 radical (unpaired) electrons. The number of aliphatic imine (C=N–C) groups is 1. The molecule has 33 heavy (non-hydrogen) atoms. The molecule has 3 N–H and O–H groups in total. The molecule has 8 heteroatoms. The second kappa shape index (κ2) is 12.1. The van der Waals surface area contributed by atoms with Crippen LogP contribution < -0.4 is 11.1 Å². The Labute approximate surface area is 203 Å². The Hall–Kier alpha value is -3.22. The smallest absolute Gasteiger partial charge is 0.251 e. The maximum absolute atomic E-state index is 12.8. The van der Waals surface area contributed by atoms with Crippen LogP contribution in [0.5, 0.6) is 0 Å². The van der Waals surface area contributed by atoms with Crippen molar-refractivity contribution in [1.29, 1.82) is 0 Å². The number of amides is 1. The molecule has 0 unspecified atom stereocenters. The van der Waals surface area contributed by atoms with Gasteiger partial charge in [-0.05, 0) is 48.8 Å². The number of hydrogen-bond donors (Lipinski definition) is 2. The molecule has 0 spiro atoms. The van der Waals surface area contributed by atoms with Crippen LogP contribution in [-0.4, -0.2) is 28.6 Å². The lowest BCUT2D eigenvalue weighted by molar-refractivity contribution is 0.0950. The lowest BCUT2D eigenvalue weighted by atomic mass is 10.1. The number of aryl methyl sites for hydroxylation is 1. The molecule has 3 heterocycles. The zero-order valence-electron chi connectivity index (χ0n) is 18.3. The summed E-state index contributed by atoms with van der Waals surface area (Å²) in [5.74, 6) is -0.191. The van der Waals surface area contributed by atoms with Crippen LogP contribution >= 0.6 is 23.2 Å². The number of rotatable bonds is 6. The molecular formula is C25H25Cl2N5O. The molecular weight excluding hydrogens is 457 g/mol. The van der Waals surface area contributed by atoms with Crippen LogP contribution in [-0.2, 0) is 13.0 Å². The lowest BCUT2D eigenvalue weighted by Crippen LogP contribution is -2.23. The first-order chi connectivity index (χ1) is 16.0. The van der Waals surface area contributed by atoms with Crippen molar-refractivity contribution in [1.82, 2.24) is 15.3 Å². The summed E-state index contributed by atoms with van der Waals surface area (Å²) in [6.07, 6.45) is 15.5. The topological polar surface area (TPSA) is 93.3 Å². The molecule has 170 valence electrons. The van der Waals surface area contributed by atoms with E-state index in [9.17, 15) is 4.79 Å². The SMILES string of the molecule is Cc1ncc(/C(Cl)=C\N)cc1CNC(=O)c1ccnc(CC2=CCCN=C/C(Cl)=C/C=C2)c1. The van der Waals surface area contributed by atoms with Crippen LogP contribution in [0.15, 0.2) is 76.7 Å². The van der Waals surface area contributed by atoms with Gasteiger partial charge in [0.2, 0.25) is 0 Å². The quantitative estimate of drug-likeness (QED) is 0.617. The molecule has 0 saturated heterocycles. The first-order valence-electron chi connectivity index (χ1n) is 10.5. The van der Waals surface area contributed by atoms with E-state index in [0.717, 1.165) is 28.9 Å². The number of nitrogens with two attached hydrogens (primary N) is 1. The Balaban J connectivity index is 1.69. The molecule has 0 bridgehead atoms. The summed E-state index contributed by atoms with van der Waals surface area (Å²) >= 11 is 12.2. The van der Waals surface area contributed by atoms with Crippen molar-refractivity contribution >= 4 is 40.4 Å². The van der Waals surface area contributed by atoms with Crippen molar-refractivity contribution in [2.75, 3.05) is 6.54 Å². The molecule has 2 aromatic heterocycles. The van der Waals surface area contributed by atoms with Crippen LogP contribution in [0.1, 0.15) is 39.3 Å². The fourth-order valence-electron chi connectivity index (χ4n) is 3.17. The number of pyridine rings is 2. The summed E-state index contributed by atoms with van der Waals surface area (Å²) in [5.41, 5.74) is 10.3. The van der Waals surface area contributed by atoms with Gasteiger partial charge in [-0.25, -0.2) is 0 Å². The predicted molar refractivity (Wildman–Crippen MR) is 135 cm³/mol. The van der Waals surface area contributed by atoms with E-state index >= 15 is 0 Å². The van der Waals surface area contributed by atoms with Crippen molar-refractivity contribution in [2.24, 2.45) is 10.7 Å². The number of hydrogen-bond acceptors (Lipinski definition) is 5. The molecule has 6 nitrogen and oxygen atoms in total. The predicted octanol–water partition coefficient (Wildman–Crippen LogP) is 4.83. The van der Waals surface area contributed by atoms with Crippen LogP contribution in [0.25, 0.3) is 5.03 Å². The first kappa shape index (κ1) is 24.4. The summed E-state index contributed by atoms with van der Waals surface area (Å²) in [7, 11) is 0. The average molecular weight is 482 g/mol. The maximum atomic E-state index is 12.8. The third-order valence-electron chi connectivity index (χ3n) is 4.96. The zero-order chi connectivity index (χ0) is 23.6. The number of carbonyl (C=O) groups is 1. The second-order valence-electron chi connectivity index (χ2n) is 7.39. The normalized spacial score (nSPS) is 16.0. The molecule has 2 aromatic rings. The first-order valence-corrected chi connectivity index (χ1v) is 11.2. The number of halogens is 2. The van der Waals surface area contributed by atoms with Gasteiger partial charge in [-0.2, -0.15) is 0 Å². The van der Waals surface area contributed by atoms with Crippen molar-refractivity contribution in [3.63, 3.8) is 0 Å². The minimum absolute atomic E-state index is 0.191. The largest absolute Gasteiger partial charge is 0.403 e. The van der Waals surface area contributed by atoms with Gasteiger partial charge < -0.3 is 11.1 Å². The van der Waals surface area contributed by atoms with E-state index in [0.29, 0.717) is 40.7 Å². The van der Waals surface area contributed by atoms with Crippen LogP contribution in [0.3, 0.4) is 0 Å². The van der Waals surface area contributed by atoms with Gasteiger partial charge in [0.05, 0.1) is 10.1 Å². The van der Waals surface area contributed by atoms with E-state index in [1.54, 1.807) is 36.8 Å². The fraction of sp³-hybridized carbons (Fsp3) is 0.200. The van der Waals surface area contributed by atoms with Gasteiger partial charge in [0.15, 0.2) is 0 Å². The van der Waals surface area contributed by atoms with E-state index in [1.807, 2.05) is 25.1 Å². The number of nitrogens with one attached hydrogen (secondary N) is 1. The molecule has 1 amide bonds. The third kappa shape index (κ3) is 7.41. The van der Waals surface area contributed by atoms with Crippen molar-refractivity contribution < 1.29 is 4.79 Å². The van der Waals surface area contributed by atoms with Crippen molar-refractivity contribution in [3.8, 4) is 0 Å². The Morgan fingerprint density at radius 1 is 1.27 bits per heavy atom. The highest BCUT2D eigenvalue weighted by Crippen LogP contribution is 2.19. The monoisotopic (exact) mass is 481 g/mol. The van der Waals surface area contributed by atoms with Crippen LogP contribution in [0.2, 0.25) is 0 Å². The highest BCUT2D eigenvalue weighted by molar-refractivity contribution is 6.48. The Morgan fingerprint density at radius 2 is 2.12 bits per heavy atom. The van der Waals surface area contributed by atoms with Gasteiger partial charge in [0, 0.05) is 66.8 Å². The second-order valence-corrected chi connectivity index (χ2v) is 8.24. The van der Waals surface area contributed by atoms with E-state index in [-0.39, 0.29) is 5.91 Å². The van der Waals surface area contributed by atoms with Crippen molar-refractivity contribution in [3.05, 3.63) is 99.8 Å². The standard InChI is InChI=1S/C25H25Cl2N5O/c1-17-20(11-21(15-31-17)24(27)13-28)14-32-25(33)19-7-9-30-23(12-19)10-18-4-2-6-22(26)16-29-8-3-5-18/h2,4-7,9,11-13,15-16H,3,8,10,14,28H2,1H3,(H,32,33)/b4-2?,18-5?,22-6-,24-13+,29-16?. The zero-order valence-corrected chi connectivity index (χ0v) is 19.8. The Kier molecular flexibility index (Phi) is 8.98. The minimum Gasteiger partial charge on any atom is -0.403 e. The third-order valence-corrected chi connectivity index (χ3v) is 5.53. The van der Waals surface area contributed by atoms with Gasteiger partial charge in [0.25, 0.3) is 5.91 Å². The van der Waals surface area contributed by atoms with Crippen LogP contribution in [0, 0.1) is 6.92 Å². The van der Waals surface area contributed by atoms with Gasteiger partial charge in [-0.1, -0.05) is 41.4 Å². The van der Waals surface area contributed by atoms with E-state index in [1.165, 1.54) is 6.20 Å². The Bertz CT molecular complexity index is 1170. The number of carbonyl (C=O) groups excluding carboxylic acids is 1. The summed E-state index contributed by atoms with van der Waals surface area (Å²) < 4.78 is 0. The molecule has 0 fully saturated rings. The maximum Gasteiger partial charge on any atom is 0.251 e. The molecule has 1 aliphatic heterocycles.